The average molecular weight is 290 g/mol. The molecule has 2 rings (SSSR count). The molecule has 0 fully saturated rings. The summed E-state index contributed by atoms with van der Waals surface area (Å²) in [5, 5.41) is 9.58. The van der Waals surface area contributed by atoms with E-state index in [1.165, 1.54) is 4.57 Å². The smallest absolute Gasteiger partial charge is 0.524 e. The average Bonchev–Trinajstić information content (AvgIpc) is 2.73. The van der Waals surface area contributed by atoms with Crippen molar-refractivity contribution in [2.24, 2.45) is 0 Å². The fourth-order valence-corrected chi connectivity index (χ4v) is 1.93. The molecule has 0 unspecified atom stereocenters. The molecule has 1 heterocycles. The SMILES string of the molecule is COc1ccc2c(c1)cc(O[B]O)n2C(=O)OC(C)(C)C. The zero-order valence-electron chi connectivity index (χ0n) is 12.4. The fourth-order valence-electron chi connectivity index (χ4n) is 1.93. The van der Waals surface area contributed by atoms with E-state index < -0.39 is 11.7 Å². The molecule has 0 aliphatic rings. The third-order valence-electron chi connectivity index (χ3n) is 2.72. The Morgan fingerprint density at radius 3 is 2.57 bits per heavy atom. The Bertz CT molecular complexity index is 659. The van der Waals surface area contributed by atoms with Gasteiger partial charge in [0.25, 0.3) is 0 Å². The van der Waals surface area contributed by atoms with Crippen molar-refractivity contribution in [2.45, 2.75) is 26.4 Å². The summed E-state index contributed by atoms with van der Waals surface area (Å²) in [6.07, 6.45) is -0.584. The van der Waals surface area contributed by atoms with Crippen LogP contribution in [0.1, 0.15) is 20.8 Å². The lowest BCUT2D eigenvalue weighted by atomic mass is 10.2. The first kappa shape index (κ1) is 15.2. The molecule has 0 aliphatic carbocycles. The van der Waals surface area contributed by atoms with Crippen LogP contribution in [0.4, 0.5) is 4.79 Å². The van der Waals surface area contributed by atoms with Gasteiger partial charge in [0.2, 0.25) is 0 Å². The lowest BCUT2D eigenvalue weighted by Gasteiger charge is -2.20. The highest BCUT2D eigenvalue weighted by atomic mass is 16.6. The van der Waals surface area contributed by atoms with Crippen molar-refractivity contribution in [3.8, 4) is 11.6 Å². The van der Waals surface area contributed by atoms with Crippen molar-refractivity contribution in [3.05, 3.63) is 24.3 Å². The van der Waals surface area contributed by atoms with E-state index in [9.17, 15) is 4.79 Å². The van der Waals surface area contributed by atoms with Crippen LogP contribution in [0.15, 0.2) is 24.3 Å². The molecule has 0 saturated heterocycles. The van der Waals surface area contributed by atoms with Crippen LogP contribution in [-0.2, 0) is 4.74 Å². The van der Waals surface area contributed by atoms with Crippen LogP contribution in [0.5, 0.6) is 11.6 Å². The normalized spacial score (nSPS) is 11.3. The maximum Gasteiger partial charge on any atom is 0.570 e. The summed E-state index contributed by atoms with van der Waals surface area (Å²) in [5.74, 6) is 0.818. The number of ether oxygens (including phenoxy) is 2. The summed E-state index contributed by atoms with van der Waals surface area (Å²) in [6.45, 7) is 5.33. The second-order valence-corrected chi connectivity index (χ2v) is 5.45. The van der Waals surface area contributed by atoms with Gasteiger partial charge in [-0.25, -0.2) is 9.36 Å². The molecule has 7 heteroatoms. The van der Waals surface area contributed by atoms with E-state index in [2.05, 4.69) is 0 Å². The van der Waals surface area contributed by atoms with E-state index in [-0.39, 0.29) is 5.88 Å². The van der Waals surface area contributed by atoms with Crippen molar-refractivity contribution in [1.82, 2.24) is 4.57 Å². The van der Waals surface area contributed by atoms with Crippen molar-refractivity contribution in [3.63, 3.8) is 0 Å². The van der Waals surface area contributed by atoms with Crippen LogP contribution in [0.2, 0.25) is 0 Å². The lowest BCUT2D eigenvalue weighted by molar-refractivity contribution is 0.0537. The lowest BCUT2D eigenvalue weighted by Crippen LogP contribution is -2.27. The predicted molar refractivity (Wildman–Crippen MR) is 78.7 cm³/mol. The van der Waals surface area contributed by atoms with E-state index in [1.54, 1.807) is 52.1 Å². The van der Waals surface area contributed by atoms with Crippen LogP contribution in [-0.4, -0.2) is 36.1 Å². The van der Waals surface area contributed by atoms with Crippen molar-refractivity contribution in [1.29, 1.82) is 0 Å². The molecule has 0 amide bonds. The summed E-state index contributed by atoms with van der Waals surface area (Å²) in [7, 11) is 2.08. The number of hydrogen-bond donors (Lipinski definition) is 1. The molecule has 21 heavy (non-hydrogen) atoms. The van der Waals surface area contributed by atoms with Crippen molar-refractivity contribution >= 4 is 24.7 Å². The Hall–Kier alpha value is -2.15. The van der Waals surface area contributed by atoms with E-state index in [0.29, 0.717) is 19.0 Å². The Morgan fingerprint density at radius 2 is 2.00 bits per heavy atom. The topological polar surface area (TPSA) is 69.9 Å². The predicted octanol–water partition coefficient (Wildman–Crippen LogP) is 2.34. The maximum absolute atomic E-state index is 12.3. The molecule has 0 bridgehead atoms. The summed E-state index contributed by atoms with van der Waals surface area (Å²) >= 11 is 0. The number of benzene rings is 1. The third-order valence-corrected chi connectivity index (χ3v) is 2.72. The van der Waals surface area contributed by atoms with Gasteiger partial charge in [0, 0.05) is 11.5 Å². The van der Waals surface area contributed by atoms with Crippen LogP contribution < -0.4 is 9.39 Å². The number of methoxy groups -OCH3 is 1. The van der Waals surface area contributed by atoms with Gasteiger partial charge in [0.05, 0.1) is 12.6 Å². The number of aromatic nitrogens is 1. The number of carbonyl (C=O) groups excluding carboxylic acids is 1. The van der Waals surface area contributed by atoms with E-state index >= 15 is 0 Å². The molecule has 6 nitrogen and oxygen atoms in total. The Kier molecular flexibility index (Phi) is 4.13. The van der Waals surface area contributed by atoms with Gasteiger partial charge in [-0.05, 0) is 39.0 Å². The Balaban J connectivity index is 2.53. The van der Waals surface area contributed by atoms with Gasteiger partial charge < -0.3 is 19.2 Å². The largest absolute Gasteiger partial charge is 0.570 e. The summed E-state index contributed by atoms with van der Waals surface area (Å²) in [4.78, 5) is 12.3. The molecule has 111 valence electrons. The number of carbonyl (C=O) groups is 1. The molecule has 1 N–H and O–H groups in total. The van der Waals surface area contributed by atoms with Crippen LogP contribution in [0, 0.1) is 0 Å². The highest BCUT2D eigenvalue weighted by molar-refractivity contribution is 6.17. The molecule has 0 spiro atoms. The molecule has 0 saturated carbocycles. The van der Waals surface area contributed by atoms with Crippen molar-refractivity contribution < 1.29 is 23.9 Å². The maximum atomic E-state index is 12.3. The molecule has 1 aromatic heterocycles. The van der Waals surface area contributed by atoms with Crippen molar-refractivity contribution in [2.75, 3.05) is 7.11 Å². The quantitative estimate of drug-likeness (QED) is 0.879. The number of hydrogen-bond acceptors (Lipinski definition) is 5. The molecule has 0 atom stereocenters. The summed E-state index contributed by atoms with van der Waals surface area (Å²) in [5.41, 5.74) is -0.0396. The second kappa shape index (κ2) is 5.69. The van der Waals surface area contributed by atoms with Gasteiger partial charge in [0.15, 0.2) is 5.88 Å². The van der Waals surface area contributed by atoms with Gasteiger partial charge in [-0.1, -0.05) is 0 Å². The zero-order valence-corrected chi connectivity index (χ0v) is 12.4. The minimum atomic E-state index is -0.639. The highest BCUT2D eigenvalue weighted by Gasteiger charge is 2.23. The third kappa shape index (κ3) is 3.30. The minimum Gasteiger partial charge on any atom is -0.524 e. The number of rotatable bonds is 3. The molecule has 1 aromatic carbocycles. The Labute approximate surface area is 123 Å². The number of nitrogens with zero attached hydrogens (tertiary/aromatic N) is 1. The molecular weight excluding hydrogens is 273 g/mol. The summed E-state index contributed by atoms with van der Waals surface area (Å²) in [6, 6.07) is 6.84. The molecule has 1 radical (unpaired) electrons. The van der Waals surface area contributed by atoms with Gasteiger partial charge in [-0.15, -0.1) is 0 Å². The van der Waals surface area contributed by atoms with E-state index in [4.69, 9.17) is 19.2 Å². The molecule has 0 aliphatic heterocycles. The second-order valence-electron chi connectivity index (χ2n) is 5.45. The standard InChI is InChI=1S/C14H17BNO5/c1-14(2,3)20-13(17)16-11-6-5-10(19-4)7-9(11)8-12(16)21-15-18/h5-8,18H,1-4H3. The first-order valence-electron chi connectivity index (χ1n) is 6.41. The highest BCUT2D eigenvalue weighted by Crippen LogP contribution is 2.29. The Morgan fingerprint density at radius 1 is 1.29 bits per heavy atom. The monoisotopic (exact) mass is 290 g/mol. The van der Waals surface area contributed by atoms with E-state index in [1.807, 2.05) is 0 Å². The fraction of sp³-hybridized carbons (Fsp3) is 0.357. The first-order chi connectivity index (χ1) is 9.85. The van der Waals surface area contributed by atoms with E-state index in [0.717, 1.165) is 5.39 Å². The zero-order chi connectivity index (χ0) is 15.6. The van der Waals surface area contributed by atoms with Crippen LogP contribution >= 0.6 is 0 Å². The van der Waals surface area contributed by atoms with Gasteiger partial charge in [-0.3, -0.25) is 0 Å². The minimum absolute atomic E-state index is 0.162. The van der Waals surface area contributed by atoms with Gasteiger partial charge in [-0.2, -0.15) is 0 Å². The molecule has 2 aromatic rings. The van der Waals surface area contributed by atoms with Gasteiger partial charge >= 0.3 is 13.8 Å². The van der Waals surface area contributed by atoms with Crippen LogP contribution in [0.3, 0.4) is 0 Å². The summed E-state index contributed by atoms with van der Waals surface area (Å²) < 4.78 is 16.7. The van der Waals surface area contributed by atoms with Gasteiger partial charge in [0.1, 0.15) is 11.4 Å². The first-order valence-corrected chi connectivity index (χ1v) is 6.41. The molecular formula is C14H17BNO5. The number of fused-ring (bicyclic) bond motifs is 1. The van der Waals surface area contributed by atoms with Crippen LogP contribution in [0.25, 0.3) is 10.9 Å².